The predicted molar refractivity (Wildman–Crippen MR) is 100 cm³/mol. The molecule has 1 saturated heterocycles. The largest absolute Gasteiger partial charge is 0.487 e. The van der Waals surface area contributed by atoms with Crippen molar-refractivity contribution in [3.05, 3.63) is 46.4 Å². The summed E-state index contributed by atoms with van der Waals surface area (Å²) in [7, 11) is 0. The molecule has 7 heteroatoms. The minimum atomic E-state index is -0.00676. The fourth-order valence-corrected chi connectivity index (χ4v) is 3.38. The number of thiazole rings is 1. The normalized spacial score (nSPS) is 14.6. The van der Waals surface area contributed by atoms with Crippen molar-refractivity contribution in [2.75, 3.05) is 26.2 Å². The van der Waals surface area contributed by atoms with Crippen molar-refractivity contribution >= 4 is 23.2 Å². The first-order valence-electron chi connectivity index (χ1n) is 8.72. The van der Waals surface area contributed by atoms with Crippen molar-refractivity contribution in [3.8, 4) is 5.75 Å². The summed E-state index contributed by atoms with van der Waals surface area (Å²) in [4.78, 5) is 32.5. The number of ether oxygens (including phenoxy) is 1. The van der Waals surface area contributed by atoms with Crippen molar-refractivity contribution in [2.45, 2.75) is 20.5 Å². The van der Waals surface area contributed by atoms with Crippen LogP contribution in [-0.4, -0.2) is 52.8 Å². The minimum Gasteiger partial charge on any atom is -0.487 e. The summed E-state index contributed by atoms with van der Waals surface area (Å²) in [5, 5.41) is 1.95. The molecule has 3 rings (SSSR count). The van der Waals surface area contributed by atoms with Crippen LogP contribution in [-0.2, 0) is 11.4 Å². The predicted octanol–water partition coefficient (Wildman–Crippen LogP) is 2.66. The second-order valence-corrected chi connectivity index (χ2v) is 7.28. The van der Waals surface area contributed by atoms with Gasteiger partial charge >= 0.3 is 0 Å². The van der Waals surface area contributed by atoms with Gasteiger partial charge in [-0.3, -0.25) is 9.59 Å². The van der Waals surface area contributed by atoms with Gasteiger partial charge in [0.15, 0.2) is 0 Å². The Morgan fingerprint density at radius 3 is 2.35 bits per heavy atom. The van der Waals surface area contributed by atoms with Gasteiger partial charge in [0.05, 0.1) is 11.2 Å². The molecule has 26 heavy (non-hydrogen) atoms. The zero-order valence-corrected chi connectivity index (χ0v) is 15.9. The Morgan fingerprint density at radius 2 is 1.77 bits per heavy atom. The molecule has 1 aliphatic rings. The molecule has 0 radical (unpaired) electrons. The maximum atomic E-state index is 12.6. The monoisotopic (exact) mass is 373 g/mol. The molecule has 1 aromatic heterocycles. The van der Waals surface area contributed by atoms with Crippen molar-refractivity contribution in [1.29, 1.82) is 0 Å². The van der Waals surface area contributed by atoms with Crippen LogP contribution < -0.4 is 4.74 Å². The highest BCUT2D eigenvalue weighted by atomic mass is 32.1. The molecule has 2 amide bonds. The highest BCUT2D eigenvalue weighted by Gasteiger charge is 2.25. The zero-order chi connectivity index (χ0) is 18.5. The van der Waals surface area contributed by atoms with Gasteiger partial charge in [0.25, 0.3) is 5.91 Å². The Morgan fingerprint density at radius 1 is 1.12 bits per heavy atom. The van der Waals surface area contributed by atoms with E-state index in [1.807, 2.05) is 24.1 Å². The van der Waals surface area contributed by atoms with E-state index in [0.29, 0.717) is 44.1 Å². The Labute approximate surface area is 157 Å². The molecule has 1 fully saturated rings. The van der Waals surface area contributed by atoms with Crippen LogP contribution in [0.15, 0.2) is 35.2 Å². The van der Waals surface area contributed by atoms with Crippen LogP contribution in [0.2, 0.25) is 0 Å². The molecule has 0 unspecified atom stereocenters. The quantitative estimate of drug-likeness (QED) is 0.808. The summed E-state index contributed by atoms with van der Waals surface area (Å²) in [5.41, 5.74) is 3.30. The molecule has 2 heterocycles. The van der Waals surface area contributed by atoms with Crippen LogP contribution in [0.1, 0.15) is 29.9 Å². The summed E-state index contributed by atoms with van der Waals surface area (Å²) in [5.74, 6) is 0.849. The number of rotatable bonds is 5. The van der Waals surface area contributed by atoms with Crippen LogP contribution in [0.5, 0.6) is 5.75 Å². The number of nitrogens with zero attached hydrogens (tertiary/aromatic N) is 3. The first-order valence-corrected chi connectivity index (χ1v) is 9.67. The second-order valence-electron chi connectivity index (χ2n) is 6.57. The number of hydrogen-bond acceptors (Lipinski definition) is 5. The van der Waals surface area contributed by atoms with E-state index in [1.165, 1.54) is 11.3 Å². The van der Waals surface area contributed by atoms with Gasteiger partial charge in [-0.1, -0.05) is 13.8 Å². The van der Waals surface area contributed by atoms with Crippen LogP contribution >= 0.6 is 11.3 Å². The molecular weight excluding hydrogens is 350 g/mol. The summed E-state index contributed by atoms with van der Waals surface area (Å²) >= 11 is 1.53. The lowest BCUT2D eigenvalue weighted by Crippen LogP contribution is -2.51. The second kappa shape index (κ2) is 8.31. The molecule has 1 aliphatic heterocycles. The van der Waals surface area contributed by atoms with E-state index < -0.39 is 0 Å². The summed E-state index contributed by atoms with van der Waals surface area (Å²) in [6, 6.07) is 7.17. The SMILES string of the molecule is CC(C)C(=O)N1CCN(C(=O)c2ccc(OCc3cscn3)cc2)CC1. The molecule has 1 aromatic carbocycles. The Hall–Kier alpha value is -2.41. The molecule has 0 spiro atoms. The van der Waals surface area contributed by atoms with E-state index in [9.17, 15) is 9.59 Å². The lowest BCUT2D eigenvalue weighted by Gasteiger charge is -2.35. The Balaban J connectivity index is 1.53. The van der Waals surface area contributed by atoms with Crippen LogP contribution in [0, 0.1) is 5.92 Å². The first kappa shape index (κ1) is 18.4. The van der Waals surface area contributed by atoms with E-state index >= 15 is 0 Å². The van der Waals surface area contributed by atoms with Gasteiger partial charge in [0, 0.05) is 43.0 Å². The maximum Gasteiger partial charge on any atom is 0.253 e. The average molecular weight is 373 g/mol. The average Bonchev–Trinajstić information content (AvgIpc) is 3.19. The molecule has 6 nitrogen and oxygen atoms in total. The van der Waals surface area contributed by atoms with Crippen LogP contribution in [0.4, 0.5) is 0 Å². The van der Waals surface area contributed by atoms with Crippen molar-refractivity contribution < 1.29 is 14.3 Å². The summed E-state index contributed by atoms with van der Waals surface area (Å²) in [6.07, 6.45) is 0. The zero-order valence-electron chi connectivity index (χ0n) is 15.1. The number of carbonyl (C=O) groups is 2. The Kier molecular flexibility index (Phi) is 5.88. The van der Waals surface area contributed by atoms with Gasteiger partial charge < -0.3 is 14.5 Å². The third-order valence-electron chi connectivity index (χ3n) is 4.34. The van der Waals surface area contributed by atoms with E-state index in [1.54, 1.807) is 34.7 Å². The van der Waals surface area contributed by atoms with E-state index in [0.717, 1.165) is 5.69 Å². The minimum absolute atomic E-state index is 0.00548. The topological polar surface area (TPSA) is 62.7 Å². The third kappa shape index (κ3) is 4.40. The lowest BCUT2D eigenvalue weighted by molar-refractivity contribution is -0.135. The Bertz CT molecular complexity index is 736. The first-order chi connectivity index (χ1) is 12.5. The molecule has 0 aliphatic carbocycles. The number of piperazine rings is 1. The van der Waals surface area contributed by atoms with E-state index in [-0.39, 0.29) is 17.7 Å². The van der Waals surface area contributed by atoms with Crippen LogP contribution in [0.25, 0.3) is 0 Å². The highest BCUT2D eigenvalue weighted by Crippen LogP contribution is 2.17. The number of benzene rings is 1. The highest BCUT2D eigenvalue weighted by molar-refractivity contribution is 7.07. The fourth-order valence-electron chi connectivity index (χ4n) is 2.84. The van der Waals surface area contributed by atoms with Gasteiger partial charge in [-0.15, -0.1) is 11.3 Å². The number of carbonyl (C=O) groups excluding carboxylic acids is 2. The standard InChI is InChI=1S/C19H23N3O3S/c1-14(2)18(23)21-7-9-22(10-8-21)19(24)15-3-5-17(6-4-15)25-11-16-12-26-13-20-16/h3-6,12-14H,7-11H2,1-2H3. The van der Waals surface area contributed by atoms with Gasteiger partial charge in [-0.2, -0.15) is 0 Å². The van der Waals surface area contributed by atoms with E-state index in [4.69, 9.17) is 4.74 Å². The van der Waals surface area contributed by atoms with Crippen LogP contribution in [0.3, 0.4) is 0 Å². The van der Waals surface area contributed by atoms with E-state index in [2.05, 4.69) is 4.98 Å². The van der Waals surface area contributed by atoms with Crippen molar-refractivity contribution in [1.82, 2.24) is 14.8 Å². The molecule has 0 atom stereocenters. The smallest absolute Gasteiger partial charge is 0.253 e. The van der Waals surface area contributed by atoms with Crippen molar-refractivity contribution in [3.63, 3.8) is 0 Å². The molecule has 138 valence electrons. The molecule has 2 aromatic rings. The maximum absolute atomic E-state index is 12.6. The number of aromatic nitrogens is 1. The fraction of sp³-hybridized carbons (Fsp3) is 0.421. The van der Waals surface area contributed by atoms with Gasteiger partial charge in [-0.25, -0.2) is 4.98 Å². The van der Waals surface area contributed by atoms with Gasteiger partial charge in [-0.05, 0) is 24.3 Å². The summed E-state index contributed by atoms with van der Waals surface area (Å²) in [6.45, 7) is 6.55. The number of amides is 2. The summed E-state index contributed by atoms with van der Waals surface area (Å²) < 4.78 is 5.67. The lowest BCUT2D eigenvalue weighted by atomic mass is 10.1. The number of hydrogen-bond donors (Lipinski definition) is 0. The van der Waals surface area contributed by atoms with Gasteiger partial charge in [0.2, 0.25) is 5.91 Å². The van der Waals surface area contributed by atoms with Crippen molar-refractivity contribution in [2.24, 2.45) is 5.92 Å². The molecule has 0 bridgehead atoms. The molecular formula is C19H23N3O3S. The molecule has 0 saturated carbocycles. The third-order valence-corrected chi connectivity index (χ3v) is 4.98. The van der Waals surface area contributed by atoms with Gasteiger partial charge in [0.1, 0.15) is 12.4 Å². The molecule has 0 N–H and O–H groups in total.